The molecule has 3 rings (SSSR count). The highest BCUT2D eigenvalue weighted by atomic mass is 16.5. The maximum Gasteiger partial charge on any atom is 0.251 e. The molecule has 1 N–H and O–H groups in total. The Hall–Kier alpha value is -2.93. The number of nitrogens with one attached hydrogen (secondary N) is 1. The zero-order chi connectivity index (χ0) is 22.2. The number of carbonyl (C=O) groups is 1. The van der Waals surface area contributed by atoms with E-state index in [1.807, 2.05) is 12.1 Å². The second-order valence-corrected chi connectivity index (χ2v) is 7.51. The zero-order valence-corrected chi connectivity index (χ0v) is 18.8. The molecule has 0 bridgehead atoms. The fourth-order valence-electron chi connectivity index (χ4n) is 4.02. The van der Waals surface area contributed by atoms with Gasteiger partial charge in [-0.15, -0.1) is 0 Å². The molecule has 168 valence electrons. The minimum Gasteiger partial charge on any atom is -0.497 e. The first-order valence-corrected chi connectivity index (χ1v) is 10.6. The summed E-state index contributed by atoms with van der Waals surface area (Å²) in [6.45, 7) is 2.55. The van der Waals surface area contributed by atoms with Crippen molar-refractivity contribution in [3.05, 3.63) is 47.5 Å². The topological polar surface area (TPSA) is 69.3 Å². The van der Waals surface area contributed by atoms with Gasteiger partial charge in [0.15, 0.2) is 11.5 Å². The lowest BCUT2D eigenvalue weighted by Gasteiger charge is -2.35. The number of ether oxygens (including phenoxy) is 4. The lowest BCUT2D eigenvalue weighted by atomic mass is 10.0. The number of methoxy groups -OCH3 is 4. The normalized spacial score (nSPS) is 15.1. The minimum atomic E-state index is -0.185. The number of hydrogen-bond acceptors (Lipinski definition) is 6. The highest BCUT2D eigenvalue weighted by Crippen LogP contribution is 2.38. The third-order valence-electron chi connectivity index (χ3n) is 5.71. The Morgan fingerprint density at radius 1 is 0.903 bits per heavy atom. The lowest BCUT2D eigenvalue weighted by molar-refractivity contribution is 0.0923. The Bertz CT molecular complexity index is 838. The Morgan fingerprint density at radius 3 is 2.03 bits per heavy atom. The predicted octanol–water partition coefficient (Wildman–Crippen LogP) is 3.68. The first-order valence-electron chi connectivity index (χ1n) is 10.6. The molecule has 1 heterocycles. The van der Waals surface area contributed by atoms with E-state index in [2.05, 4.69) is 22.3 Å². The van der Waals surface area contributed by atoms with Crippen molar-refractivity contribution in [3.8, 4) is 23.0 Å². The molecule has 1 fully saturated rings. The van der Waals surface area contributed by atoms with Gasteiger partial charge in [0.2, 0.25) is 5.75 Å². The van der Waals surface area contributed by atoms with E-state index >= 15 is 0 Å². The molecule has 7 nitrogen and oxygen atoms in total. The Kier molecular flexibility index (Phi) is 8.00. The van der Waals surface area contributed by atoms with Crippen LogP contribution in [0.2, 0.25) is 0 Å². The number of likely N-dealkylation sites (tertiary alicyclic amines) is 1. The third kappa shape index (κ3) is 5.41. The van der Waals surface area contributed by atoms with Crippen molar-refractivity contribution in [2.75, 3.05) is 48.1 Å². The summed E-state index contributed by atoms with van der Waals surface area (Å²) in [6.07, 6.45) is 3.60. The number of piperidine rings is 1. The fraction of sp³-hybridized carbons (Fsp3) is 0.458. The lowest BCUT2D eigenvalue weighted by Crippen LogP contribution is -2.40. The first-order chi connectivity index (χ1) is 15.1. The van der Waals surface area contributed by atoms with Crippen molar-refractivity contribution in [1.29, 1.82) is 0 Å². The van der Waals surface area contributed by atoms with Gasteiger partial charge in [-0.3, -0.25) is 9.69 Å². The SMILES string of the molecule is COc1ccc([C@H](CNC(=O)c2cc(OC)c(OC)c(OC)c2)N2CCCCC2)cc1. The van der Waals surface area contributed by atoms with Crippen LogP contribution in [0.3, 0.4) is 0 Å². The van der Waals surface area contributed by atoms with Crippen LogP contribution in [-0.2, 0) is 0 Å². The second-order valence-electron chi connectivity index (χ2n) is 7.51. The summed E-state index contributed by atoms with van der Waals surface area (Å²) in [5, 5.41) is 3.10. The van der Waals surface area contributed by atoms with Crippen molar-refractivity contribution in [3.63, 3.8) is 0 Å². The molecule has 1 amide bonds. The molecule has 0 aromatic heterocycles. The fourth-order valence-corrected chi connectivity index (χ4v) is 4.02. The van der Waals surface area contributed by atoms with E-state index in [-0.39, 0.29) is 11.9 Å². The van der Waals surface area contributed by atoms with Crippen molar-refractivity contribution in [2.45, 2.75) is 25.3 Å². The predicted molar refractivity (Wildman–Crippen MR) is 120 cm³/mol. The van der Waals surface area contributed by atoms with Crippen LogP contribution in [0.25, 0.3) is 0 Å². The molecule has 1 saturated heterocycles. The number of amides is 1. The van der Waals surface area contributed by atoms with Gasteiger partial charge in [0.25, 0.3) is 5.91 Å². The van der Waals surface area contributed by atoms with Gasteiger partial charge < -0.3 is 24.3 Å². The van der Waals surface area contributed by atoms with Gasteiger partial charge in [0.1, 0.15) is 5.75 Å². The Morgan fingerprint density at radius 2 is 1.52 bits per heavy atom. The van der Waals surface area contributed by atoms with E-state index in [1.54, 1.807) is 19.2 Å². The average molecular weight is 429 g/mol. The van der Waals surface area contributed by atoms with Crippen molar-refractivity contribution in [1.82, 2.24) is 10.2 Å². The summed E-state index contributed by atoms with van der Waals surface area (Å²) in [5.74, 6) is 2.01. The summed E-state index contributed by atoms with van der Waals surface area (Å²) in [5.41, 5.74) is 1.62. The molecule has 31 heavy (non-hydrogen) atoms. The third-order valence-corrected chi connectivity index (χ3v) is 5.71. The van der Waals surface area contributed by atoms with E-state index in [9.17, 15) is 4.79 Å². The van der Waals surface area contributed by atoms with E-state index in [0.29, 0.717) is 29.4 Å². The molecular weight excluding hydrogens is 396 g/mol. The van der Waals surface area contributed by atoms with Crippen LogP contribution in [0, 0.1) is 0 Å². The monoisotopic (exact) mass is 428 g/mol. The molecule has 1 atom stereocenters. The number of hydrogen-bond donors (Lipinski definition) is 1. The van der Waals surface area contributed by atoms with Gasteiger partial charge in [-0.1, -0.05) is 18.6 Å². The zero-order valence-electron chi connectivity index (χ0n) is 18.8. The molecule has 1 aliphatic rings. The molecule has 7 heteroatoms. The molecule has 0 spiro atoms. The average Bonchev–Trinajstić information content (AvgIpc) is 2.84. The highest BCUT2D eigenvalue weighted by molar-refractivity contribution is 5.95. The van der Waals surface area contributed by atoms with Crippen LogP contribution in [-0.4, -0.2) is 58.9 Å². The summed E-state index contributed by atoms with van der Waals surface area (Å²) in [4.78, 5) is 15.4. The molecule has 1 aliphatic heterocycles. The van der Waals surface area contributed by atoms with E-state index in [4.69, 9.17) is 18.9 Å². The Balaban J connectivity index is 1.79. The van der Waals surface area contributed by atoms with E-state index in [0.717, 1.165) is 24.4 Å². The molecular formula is C24H32N2O5. The van der Waals surface area contributed by atoms with Crippen molar-refractivity contribution >= 4 is 5.91 Å². The van der Waals surface area contributed by atoms with E-state index in [1.165, 1.54) is 40.6 Å². The van der Waals surface area contributed by atoms with Crippen LogP contribution in [0.4, 0.5) is 0 Å². The summed E-state index contributed by atoms with van der Waals surface area (Å²) >= 11 is 0. The number of rotatable bonds is 9. The Labute approximate surface area is 184 Å². The molecule has 0 saturated carbocycles. The minimum absolute atomic E-state index is 0.0946. The van der Waals surface area contributed by atoms with Crippen LogP contribution in [0.15, 0.2) is 36.4 Å². The molecule has 2 aromatic rings. The van der Waals surface area contributed by atoms with Gasteiger partial charge in [0, 0.05) is 12.1 Å². The summed E-state index contributed by atoms with van der Waals surface area (Å²) in [7, 11) is 6.27. The first kappa shape index (κ1) is 22.7. The van der Waals surface area contributed by atoms with Gasteiger partial charge in [0.05, 0.1) is 34.5 Å². The number of benzene rings is 2. The second kappa shape index (κ2) is 10.9. The van der Waals surface area contributed by atoms with Crippen LogP contribution >= 0.6 is 0 Å². The van der Waals surface area contributed by atoms with Gasteiger partial charge in [-0.25, -0.2) is 0 Å². The molecule has 0 unspecified atom stereocenters. The molecule has 0 radical (unpaired) electrons. The summed E-state index contributed by atoms with van der Waals surface area (Å²) < 4.78 is 21.4. The van der Waals surface area contributed by atoms with Crippen LogP contribution < -0.4 is 24.3 Å². The highest BCUT2D eigenvalue weighted by Gasteiger charge is 2.24. The summed E-state index contributed by atoms with van der Waals surface area (Å²) in [6, 6.07) is 11.5. The van der Waals surface area contributed by atoms with Gasteiger partial charge >= 0.3 is 0 Å². The quantitative estimate of drug-likeness (QED) is 0.657. The smallest absolute Gasteiger partial charge is 0.251 e. The van der Waals surface area contributed by atoms with Crippen molar-refractivity contribution in [2.24, 2.45) is 0 Å². The molecule has 0 aliphatic carbocycles. The maximum atomic E-state index is 13.0. The molecule has 2 aromatic carbocycles. The van der Waals surface area contributed by atoms with Gasteiger partial charge in [-0.2, -0.15) is 0 Å². The number of nitrogens with zero attached hydrogens (tertiary/aromatic N) is 1. The van der Waals surface area contributed by atoms with Crippen LogP contribution in [0.5, 0.6) is 23.0 Å². The van der Waals surface area contributed by atoms with Crippen LogP contribution in [0.1, 0.15) is 41.2 Å². The van der Waals surface area contributed by atoms with Gasteiger partial charge in [-0.05, 0) is 55.8 Å². The maximum absolute atomic E-state index is 13.0. The number of carbonyl (C=O) groups excluding carboxylic acids is 1. The van der Waals surface area contributed by atoms with E-state index < -0.39 is 0 Å². The standard InChI is InChI=1S/C24H32N2O5/c1-28-19-10-8-17(9-11-19)20(26-12-6-5-7-13-26)16-25-24(27)18-14-21(29-2)23(31-4)22(15-18)30-3/h8-11,14-15,20H,5-7,12-13,16H2,1-4H3,(H,25,27)/t20-/m0/s1. The van der Waals surface area contributed by atoms with Crippen molar-refractivity contribution < 1.29 is 23.7 Å². The largest absolute Gasteiger partial charge is 0.497 e.